The van der Waals surface area contributed by atoms with E-state index in [1.165, 1.54) is 0 Å². The highest BCUT2D eigenvalue weighted by Crippen LogP contribution is 2.47. The lowest BCUT2D eigenvalue weighted by Crippen LogP contribution is -2.56. The maximum absolute atomic E-state index is 10.5. The van der Waals surface area contributed by atoms with E-state index in [-0.39, 0.29) is 5.54 Å². The Hall–Kier alpha value is -0.120. The van der Waals surface area contributed by atoms with E-state index in [0.29, 0.717) is 5.92 Å². The quantitative estimate of drug-likeness (QED) is 0.732. The third-order valence-electron chi connectivity index (χ3n) is 4.02. The number of hydrogen-bond donors (Lipinski definition) is 2. The van der Waals surface area contributed by atoms with Crippen molar-refractivity contribution in [3.8, 4) is 0 Å². The Kier molecular flexibility index (Phi) is 2.82. The number of piperidine rings is 1. The minimum atomic E-state index is -0.569. The molecule has 1 aliphatic carbocycles. The first-order chi connectivity index (χ1) is 6.95. The van der Waals surface area contributed by atoms with E-state index >= 15 is 0 Å². The summed E-state index contributed by atoms with van der Waals surface area (Å²) in [6.07, 6.45) is 3.73. The lowest BCUT2D eigenvalue weighted by atomic mass is 9.82. The zero-order chi connectivity index (χ0) is 11.1. The molecular weight excluding hydrogens is 188 g/mol. The van der Waals surface area contributed by atoms with Crippen molar-refractivity contribution < 1.29 is 5.11 Å². The van der Waals surface area contributed by atoms with Crippen LogP contribution in [0.25, 0.3) is 0 Å². The minimum Gasteiger partial charge on any atom is -0.388 e. The molecule has 2 aliphatic rings. The van der Waals surface area contributed by atoms with Gasteiger partial charge in [-0.1, -0.05) is 13.8 Å². The first kappa shape index (κ1) is 11.4. The number of aliphatic hydroxyl groups is 1. The van der Waals surface area contributed by atoms with Crippen LogP contribution in [-0.2, 0) is 0 Å². The summed E-state index contributed by atoms with van der Waals surface area (Å²) in [6, 6.07) is 0. The molecule has 1 saturated carbocycles. The van der Waals surface area contributed by atoms with Crippen molar-refractivity contribution in [2.45, 2.75) is 50.7 Å². The van der Waals surface area contributed by atoms with Gasteiger partial charge in [0.05, 0.1) is 5.60 Å². The second-order valence-electron chi connectivity index (χ2n) is 5.88. The maximum Gasteiger partial charge on any atom is 0.0850 e. The highest BCUT2D eigenvalue weighted by Gasteiger charge is 2.56. The van der Waals surface area contributed by atoms with Crippen molar-refractivity contribution in [3.63, 3.8) is 0 Å². The summed E-state index contributed by atoms with van der Waals surface area (Å²) in [6.45, 7) is 7.65. The molecule has 0 aromatic heterocycles. The van der Waals surface area contributed by atoms with Crippen LogP contribution in [-0.4, -0.2) is 40.8 Å². The van der Waals surface area contributed by atoms with Crippen molar-refractivity contribution in [2.75, 3.05) is 19.6 Å². The highest BCUT2D eigenvalue weighted by atomic mass is 16.3. The monoisotopic (exact) mass is 212 g/mol. The molecule has 3 heteroatoms. The summed E-state index contributed by atoms with van der Waals surface area (Å²) >= 11 is 0. The molecule has 88 valence electrons. The van der Waals surface area contributed by atoms with E-state index in [2.05, 4.69) is 18.7 Å². The van der Waals surface area contributed by atoms with E-state index < -0.39 is 5.60 Å². The normalized spacial score (nSPS) is 29.4. The molecule has 0 radical (unpaired) electrons. The second kappa shape index (κ2) is 3.72. The summed E-state index contributed by atoms with van der Waals surface area (Å²) in [5.41, 5.74) is 5.33. The van der Waals surface area contributed by atoms with E-state index in [0.717, 1.165) is 45.3 Å². The molecule has 1 aliphatic heterocycles. The van der Waals surface area contributed by atoms with Gasteiger partial charge in [-0.15, -0.1) is 0 Å². The van der Waals surface area contributed by atoms with Crippen LogP contribution in [0.4, 0.5) is 0 Å². The van der Waals surface area contributed by atoms with Crippen LogP contribution in [0.5, 0.6) is 0 Å². The van der Waals surface area contributed by atoms with Gasteiger partial charge in [-0.25, -0.2) is 0 Å². The fourth-order valence-electron chi connectivity index (χ4n) is 2.72. The number of nitrogens with zero attached hydrogens (tertiary/aromatic N) is 1. The molecule has 0 bridgehead atoms. The minimum absolute atomic E-state index is 0.239. The zero-order valence-corrected chi connectivity index (χ0v) is 10.00. The van der Waals surface area contributed by atoms with Crippen molar-refractivity contribution in [2.24, 2.45) is 11.7 Å². The molecule has 3 nitrogen and oxygen atoms in total. The Bertz CT molecular complexity index is 228. The third kappa shape index (κ3) is 2.19. The fraction of sp³-hybridized carbons (Fsp3) is 1.00. The van der Waals surface area contributed by atoms with Gasteiger partial charge in [0, 0.05) is 25.2 Å². The molecule has 2 fully saturated rings. The van der Waals surface area contributed by atoms with Gasteiger partial charge >= 0.3 is 0 Å². The number of nitrogens with two attached hydrogens (primary N) is 1. The molecule has 15 heavy (non-hydrogen) atoms. The number of likely N-dealkylation sites (tertiary alicyclic amines) is 1. The Morgan fingerprint density at radius 1 is 1.20 bits per heavy atom. The van der Waals surface area contributed by atoms with Crippen molar-refractivity contribution >= 4 is 0 Å². The van der Waals surface area contributed by atoms with Crippen LogP contribution in [0.2, 0.25) is 0 Å². The molecule has 0 aromatic rings. The largest absolute Gasteiger partial charge is 0.388 e. The lowest BCUT2D eigenvalue weighted by Gasteiger charge is -2.42. The van der Waals surface area contributed by atoms with Crippen molar-refractivity contribution in [1.82, 2.24) is 4.90 Å². The average molecular weight is 212 g/mol. The first-order valence-electron chi connectivity index (χ1n) is 6.19. The van der Waals surface area contributed by atoms with Gasteiger partial charge in [-0.3, -0.25) is 0 Å². The van der Waals surface area contributed by atoms with Gasteiger partial charge < -0.3 is 15.7 Å². The Balaban J connectivity index is 1.86. The lowest BCUT2D eigenvalue weighted by molar-refractivity contribution is -0.0507. The van der Waals surface area contributed by atoms with Crippen LogP contribution < -0.4 is 5.73 Å². The second-order valence-corrected chi connectivity index (χ2v) is 5.88. The molecule has 3 N–H and O–H groups in total. The summed E-state index contributed by atoms with van der Waals surface area (Å²) in [5.74, 6) is 0.712. The summed E-state index contributed by atoms with van der Waals surface area (Å²) in [4.78, 5) is 2.45. The maximum atomic E-state index is 10.5. The van der Waals surface area contributed by atoms with Crippen LogP contribution in [0, 0.1) is 5.92 Å². The smallest absolute Gasteiger partial charge is 0.0850 e. The molecule has 1 heterocycles. The molecule has 0 spiro atoms. The number of hydrogen-bond acceptors (Lipinski definition) is 3. The number of rotatable bonds is 3. The highest BCUT2D eigenvalue weighted by molar-refractivity contribution is 5.14. The van der Waals surface area contributed by atoms with Crippen molar-refractivity contribution in [3.05, 3.63) is 0 Å². The van der Waals surface area contributed by atoms with Gasteiger partial charge in [-0.05, 0) is 31.6 Å². The van der Waals surface area contributed by atoms with E-state index in [9.17, 15) is 5.11 Å². The van der Waals surface area contributed by atoms with Crippen LogP contribution in [0.15, 0.2) is 0 Å². The zero-order valence-electron chi connectivity index (χ0n) is 10.00. The van der Waals surface area contributed by atoms with E-state index in [1.54, 1.807) is 0 Å². The molecule has 0 atom stereocenters. The van der Waals surface area contributed by atoms with Gasteiger partial charge in [0.2, 0.25) is 0 Å². The van der Waals surface area contributed by atoms with Gasteiger partial charge in [0.25, 0.3) is 0 Å². The summed E-state index contributed by atoms with van der Waals surface area (Å²) < 4.78 is 0. The van der Waals surface area contributed by atoms with Crippen molar-refractivity contribution in [1.29, 1.82) is 0 Å². The molecular formula is C12H24N2O. The van der Waals surface area contributed by atoms with E-state index in [4.69, 9.17) is 5.73 Å². The predicted octanol–water partition coefficient (Wildman–Crippen LogP) is 0.961. The van der Waals surface area contributed by atoms with Gasteiger partial charge in [-0.2, -0.15) is 0 Å². The summed E-state index contributed by atoms with van der Waals surface area (Å²) in [7, 11) is 0. The van der Waals surface area contributed by atoms with E-state index in [1.807, 2.05) is 0 Å². The molecule has 0 aromatic carbocycles. The molecule has 1 saturated heterocycles. The Labute approximate surface area is 92.6 Å². The van der Waals surface area contributed by atoms with Crippen LogP contribution >= 0.6 is 0 Å². The molecule has 0 amide bonds. The van der Waals surface area contributed by atoms with Crippen LogP contribution in [0.3, 0.4) is 0 Å². The Morgan fingerprint density at radius 3 is 2.13 bits per heavy atom. The topological polar surface area (TPSA) is 49.5 Å². The molecule has 2 rings (SSSR count). The third-order valence-corrected chi connectivity index (χ3v) is 4.02. The van der Waals surface area contributed by atoms with Gasteiger partial charge in [0.1, 0.15) is 0 Å². The standard InChI is InChI=1S/C12H24N2O/c1-10(2)9-14-7-5-12(15,6-8-14)11(13)3-4-11/h10,15H,3-9,13H2,1-2H3. The van der Waals surface area contributed by atoms with Crippen LogP contribution in [0.1, 0.15) is 39.5 Å². The first-order valence-corrected chi connectivity index (χ1v) is 6.19. The van der Waals surface area contributed by atoms with Gasteiger partial charge in [0.15, 0.2) is 0 Å². The predicted molar refractivity (Wildman–Crippen MR) is 61.6 cm³/mol. The SMILES string of the molecule is CC(C)CN1CCC(O)(C2(N)CC2)CC1. The fourth-order valence-corrected chi connectivity index (χ4v) is 2.72. The Morgan fingerprint density at radius 2 is 1.73 bits per heavy atom. The molecule has 0 unspecified atom stereocenters. The average Bonchev–Trinajstić information content (AvgIpc) is 2.89. The summed E-state index contributed by atoms with van der Waals surface area (Å²) in [5, 5.41) is 10.5.